The molecule has 2 N–H and O–H groups in total. The lowest BCUT2D eigenvalue weighted by molar-refractivity contribution is 0.590. The summed E-state index contributed by atoms with van der Waals surface area (Å²) in [5, 5.41) is 3.89. The van der Waals surface area contributed by atoms with Gasteiger partial charge in [-0.3, -0.25) is 0 Å². The van der Waals surface area contributed by atoms with Crippen LogP contribution < -0.4 is 0 Å². The van der Waals surface area contributed by atoms with E-state index >= 15 is 0 Å². The van der Waals surface area contributed by atoms with Gasteiger partial charge in [0.25, 0.3) is 0 Å². The quantitative estimate of drug-likeness (QED) is 0.160. The molecule has 0 saturated heterocycles. The van der Waals surface area contributed by atoms with Crippen molar-refractivity contribution in [3.8, 4) is 45.6 Å². The molecule has 0 radical (unpaired) electrons. The third-order valence-corrected chi connectivity index (χ3v) is 11.3. The Hall–Kier alpha value is -5.76. The van der Waals surface area contributed by atoms with Gasteiger partial charge in [-0.1, -0.05) is 132 Å². The maximum Gasteiger partial charge on any atom is 0.164 e. The average Bonchev–Trinajstić information content (AvgIpc) is 3.84. The van der Waals surface area contributed by atoms with Crippen LogP contribution >= 0.6 is 0 Å². The standard InChI is InChI=1S/C48H50N8/c1-45(2,3)25-13-17-29-33(21-25)41-50-37(29)49-38-30-18-14-27(47(7,8)9)23-35(30)43(51-38)56-44-36-24-28(48(10,11)12)16-20-32(36)40(55-44)54-42-34-22-26(46(4,5)6)15-19-31(34)39(52-41)53-42/h13-24H,1-12H3,(H2,49,50,51,52,53,54,55,56). The average molecular weight is 739 g/mol. The molecule has 8 heteroatoms. The summed E-state index contributed by atoms with van der Waals surface area (Å²) in [6.45, 7) is 26.8. The van der Waals surface area contributed by atoms with Crippen LogP contribution in [0.2, 0.25) is 0 Å². The van der Waals surface area contributed by atoms with E-state index in [1.54, 1.807) is 0 Å². The smallest absolute Gasteiger partial charge is 0.164 e. The summed E-state index contributed by atoms with van der Waals surface area (Å²) < 4.78 is 0. The molecule has 5 heterocycles. The zero-order chi connectivity index (χ0) is 39.7. The lowest BCUT2D eigenvalue weighted by Crippen LogP contribution is -2.10. The first-order valence-electron chi connectivity index (χ1n) is 19.6. The first-order valence-corrected chi connectivity index (χ1v) is 19.6. The SMILES string of the molecule is CC(C)(C)c1ccc2c(c1)-c1nc-2nc2[nH]c(nc3nc(nc4[nH]c(n1)c1ccc(C(C)(C)C)cc41)-c1cc(C(C)(C)C)ccc1-3)c1ccc(C(C)(C)C)cc21. The molecule has 0 atom stereocenters. The van der Waals surface area contributed by atoms with E-state index < -0.39 is 0 Å². The highest BCUT2D eigenvalue weighted by molar-refractivity contribution is 6.06. The molecule has 8 nitrogen and oxygen atoms in total. The van der Waals surface area contributed by atoms with Crippen LogP contribution in [0.5, 0.6) is 0 Å². The fourth-order valence-corrected chi connectivity index (χ4v) is 7.66. The molecule has 4 aromatic carbocycles. The molecule has 9 rings (SSSR count). The second kappa shape index (κ2) is 11.9. The van der Waals surface area contributed by atoms with Gasteiger partial charge >= 0.3 is 0 Å². The largest absolute Gasteiger partial charge is 0.324 e. The van der Waals surface area contributed by atoms with Crippen LogP contribution in [0, 0.1) is 0 Å². The highest BCUT2D eigenvalue weighted by Crippen LogP contribution is 2.41. The van der Waals surface area contributed by atoms with E-state index in [0.29, 0.717) is 45.9 Å². The zero-order valence-electron chi connectivity index (χ0n) is 34.6. The minimum absolute atomic E-state index is 0.0638. The predicted octanol–water partition coefficient (Wildman–Crippen LogP) is 12.1. The Morgan fingerprint density at radius 2 is 0.589 bits per heavy atom. The molecule has 0 spiro atoms. The lowest BCUT2D eigenvalue weighted by atomic mass is 9.85. The van der Waals surface area contributed by atoms with Crippen LogP contribution in [0.1, 0.15) is 105 Å². The van der Waals surface area contributed by atoms with E-state index in [1.165, 1.54) is 22.3 Å². The number of aromatic amines is 2. The molecule has 8 bridgehead atoms. The second-order valence-corrected chi connectivity index (χ2v) is 19.7. The molecule has 2 aliphatic rings. The Morgan fingerprint density at radius 3 is 0.929 bits per heavy atom. The Morgan fingerprint density at radius 1 is 0.304 bits per heavy atom. The topological polar surface area (TPSA) is 109 Å². The summed E-state index contributed by atoms with van der Waals surface area (Å²) in [5.74, 6) is 2.42. The molecular weight excluding hydrogens is 689 g/mol. The molecule has 0 saturated carbocycles. The predicted molar refractivity (Wildman–Crippen MR) is 231 cm³/mol. The third kappa shape index (κ3) is 5.97. The van der Waals surface area contributed by atoms with Crippen molar-refractivity contribution in [2.75, 3.05) is 0 Å². The summed E-state index contributed by atoms with van der Waals surface area (Å²) in [6.07, 6.45) is 0. The zero-order valence-corrected chi connectivity index (χ0v) is 34.6. The van der Waals surface area contributed by atoms with Crippen molar-refractivity contribution < 1.29 is 0 Å². The second-order valence-electron chi connectivity index (χ2n) is 19.7. The Kier molecular flexibility index (Phi) is 7.61. The van der Waals surface area contributed by atoms with Crippen LogP contribution in [0.15, 0.2) is 72.8 Å². The fourth-order valence-electron chi connectivity index (χ4n) is 7.66. The maximum atomic E-state index is 5.35. The van der Waals surface area contributed by atoms with Gasteiger partial charge in [-0.2, -0.15) is 0 Å². The highest BCUT2D eigenvalue weighted by atomic mass is 15.1. The number of hydrogen-bond donors (Lipinski definition) is 2. The molecule has 0 unspecified atom stereocenters. The van der Waals surface area contributed by atoms with E-state index in [9.17, 15) is 0 Å². The number of hydrogen-bond acceptors (Lipinski definition) is 6. The number of aromatic nitrogens is 8. The Balaban J connectivity index is 1.47. The van der Waals surface area contributed by atoms with Gasteiger partial charge in [0.1, 0.15) is 22.6 Å². The lowest BCUT2D eigenvalue weighted by Gasteiger charge is -2.19. The van der Waals surface area contributed by atoms with Gasteiger partial charge in [0.2, 0.25) is 0 Å². The van der Waals surface area contributed by atoms with Gasteiger partial charge in [-0.15, -0.1) is 0 Å². The number of benzene rings is 4. The van der Waals surface area contributed by atoms with E-state index in [2.05, 4.69) is 166 Å². The normalized spacial score (nSPS) is 13.4. The van der Waals surface area contributed by atoms with Gasteiger partial charge in [0.05, 0.1) is 0 Å². The van der Waals surface area contributed by atoms with Gasteiger partial charge < -0.3 is 9.97 Å². The van der Waals surface area contributed by atoms with Crippen LogP contribution in [0.3, 0.4) is 0 Å². The first-order chi connectivity index (χ1) is 26.2. The van der Waals surface area contributed by atoms with Crippen molar-refractivity contribution in [3.63, 3.8) is 0 Å². The van der Waals surface area contributed by atoms with Crippen molar-refractivity contribution in [2.45, 2.75) is 105 Å². The summed E-state index contributed by atoms with van der Waals surface area (Å²) in [7, 11) is 0. The first kappa shape index (κ1) is 35.9. The van der Waals surface area contributed by atoms with Gasteiger partial charge in [-0.25, -0.2) is 29.9 Å². The molecule has 282 valence electrons. The van der Waals surface area contributed by atoms with Gasteiger partial charge in [0, 0.05) is 43.8 Å². The number of rotatable bonds is 0. The van der Waals surface area contributed by atoms with Crippen molar-refractivity contribution >= 4 is 44.1 Å². The fraction of sp³-hybridized carbons (Fsp3) is 0.333. The number of H-pyrrole nitrogens is 2. The van der Waals surface area contributed by atoms with E-state index in [1.807, 2.05) is 0 Å². The Labute approximate surface area is 328 Å². The maximum absolute atomic E-state index is 5.35. The minimum Gasteiger partial charge on any atom is -0.324 e. The van der Waals surface area contributed by atoms with Gasteiger partial charge in [-0.05, 0) is 68.2 Å². The molecule has 2 aliphatic heterocycles. The summed E-state index contributed by atoms with van der Waals surface area (Å²) >= 11 is 0. The van der Waals surface area contributed by atoms with E-state index in [0.717, 1.165) is 43.8 Å². The third-order valence-electron chi connectivity index (χ3n) is 11.3. The molecule has 0 fully saturated rings. The van der Waals surface area contributed by atoms with Gasteiger partial charge in [0.15, 0.2) is 23.3 Å². The highest BCUT2D eigenvalue weighted by Gasteiger charge is 2.27. The molecule has 7 aromatic rings. The van der Waals surface area contributed by atoms with Crippen molar-refractivity contribution in [3.05, 3.63) is 95.1 Å². The van der Waals surface area contributed by atoms with Crippen LogP contribution in [-0.4, -0.2) is 39.9 Å². The van der Waals surface area contributed by atoms with E-state index in [-0.39, 0.29) is 21.7 Å². The minimum atomic E-state index is -0.0697. The van der Waals surface area contributed by atoms with Crippen molar-refractivity contribution in [2.24, 2.45) is 0 Å². The molecule has 56 heavy (non-hydrogen) atoms. The summed E-state index contributed by atoms with van der Waals surface area (Å²) in [6, 6.07) is 26.3. The molecular formula is C48H50N8. The molecule has 3 aromatic heterocycles. The summed E-state index contributed by atoms with van der Waals surface area (Å²) in [5.41, 5.74) is 11.1. The molecule has 0 amide bonds. The number of nitrogens with zero attached hydrogens (tertiary/aromatic N) is 6. The van der Waals surface area contributed by atoms with Crippen LogP contribution in [-0.2, 0) is 21.7 Å². The summed E-state index contributed by atoms with van der Waals surface area (Å²) in [4.78, 5) is 38.9. The van der Waals surface area contributed by atoms with Crippen molar-refractivity contribution in [1.29, 1.82) is 0 Å². The van der Waals surface area contributed by atoms with Crippen molar-refractivity contribution in [1.82, 2.24) is 39.9 Å². The Bertz CT molecular complexity index is 2950. The van der Waals surface area contributed by atoms with Crippen LogP contribution in [0.25, 0.3) is 89.7 Å². The monoisotopic (exact) mass is 738 g/mol. The molecule has 0 aliphatic carbocycles. The van der Waals surface area contributed by atoms with Crippen LogP contribution in [0.4, 0.5) is 0 Å². The number of nitrogens with one attached hydrogen (secondary N) is 2. The number of fused-ring (bicyclic) bond motifs is 20. The van der Waals surface area contributed by atoms with E-state index in [4.69, 9.17) is 29.9 Å².